The van der Waals surface area contributed by atoms with Crippen LogP contribution in [0.3, 0.4) is 0 Å². The number of aromatic hydroxyl groups is 1. The van der Waals surface area contributed by atoms with Gasteiger partial charge in [-0.2, -0.15) is 0 Å². The molecule has 0 fully saturated rings. The summed E-state index contributed by atoms with van der Waals surface area (Å²) in [5, 5.41) is 11.6. The Labute approximate surface area is 85.7 Å². The molecule has 3 heteroatoms. The number of carbonyl (C=O) groups excluding carboxylic acids is 1. The lowest BCUT2D eigenvalue weighted by atomic mass is 10.1. The van der Waals surface area contributed by atoms with Crippen molar-refractivity contribution in [2.45, 2.75) is 0 Å². The van der Waals surface area contributed by atoms with Gasteiger partial charge in [0.05, 0.1) is 0 Å². The molecule has 1 N–H and O–H groups in total. The van der Waals surface area contributed by atoms with Crippen LogP contribution in [0.5, 0.6) is 5.75 Å². The van der Waals surface area contributed by atoms with Crippen LogP contribution >= 0.6 is 11.6 Å². The summed E-state index contributed by atoms with van der Waals surface area (Å²) in [6, 6.07) is 8.28. The zero-order valence-corrected chi connectivity index (χ0v) is 7.95. The van der Waals surface area contributed by atoms with Crippen molar-refractivity contribution < 1.29 is 9.90 Å². The van der Waals surface area contributed by atoms with Crippen molar-refractivity contribution in [3.05, 3.63) is 40.9 Å². The predicted octanol–water partition coefficient (Wildman–Crippen LogP) is 3.01. The molecule has 0 heterocycles. The molecule has 0 spiro atoms. The fraction of sp³-hybridized carbons (Fsp3) is 0. The first-order valence-corrected chi connectivity index (χ1v) is 4.46. The third-order valence-corrected chi connectivity index (χ3v) is 2.29. The molecular formula is C11H7ClO2. The molecule has 2 rings (SSSR count). The van der Waals surface area contributed by atoms with Crippen molar-refractivity contribution >= 4 is 28.7 Å². The maximum Gasteiger partial charge on any atom is 0.150 e. The van der Waals surface area contributed by atoms with Gasteiger partial charge in [-0.05, 0) is 29.7 Å². The van der Waals surface area contributed by atoms with E-state index < -0.39 is 0 Å². The Kier molecular flexibility index (Phi) is 2.14. The summed E-state index contributed by atoms with van der Waals surface area (Å²) in [5.41, 5.74) is 0.456. The number of carbonyl (C=O) groups is 1. The molecule has 2 nitrogen and oxygen atoms in total. The van der Waals surface area contributed by atoms with Gasteiger partial charge in [-0.15, -0.1) is 0 Å². The van der Waals surface area contributed by atoms with Gasteiger partial charge in [-0.3, -0.25) is 4.79 Å². The van der Waals surface area contributed by atoms with Crippen LogP contribution in [0.1, 0.15) is 10.4 Å². The second-order valence-electron chi connectivity index (χ2n) is 3.02. The smallest absolute Gasteiger partial charge is 0.150 e. The third kappa shape index (κ3) is 1.44. The zero-order chi connectivity index (χ0) is 10.1. The van der Waals surface area contributed by atoms with Crippen LogP contribution < -0.4 is 0 Å². The fourth-order valence-corrected chi connectivity index (χ4v) is 1.57. The average Bonchev–Trinajstić information content (AvgIpc) is 2.19. The molecular weight excluding hydrogens is 200 g/mol. The molecule has 0 bridgehead atoms. The van der Waals surface area contributed by atoms with Crippen LogP contribution in [0.2, 0.25) is 5.02 Å². The summed E-state index contributed by atoms with van der Waals surface area (Å²) >= 11 is 5.78. The summed E-state index contributed by atoms with van der Waals surface area (Å²) in [5.74, 6) is 0.0760. The Bertz CT molecular complexity index is 506. The molecule has 0 saturated carbocycles. The number of phenolic OH excluding ortho intramolecular Hbond substituents is 1. The highest BCUT2D eigenvalue weighted by molar-refractivity contribution is 6.31. The lowest BCUT2D eigenvalue weighted by Gasteiger charge is -2.02. The second-order valence-corrected chi connectivity index (χ2v) is 3.46. The molecule has 2 aromatic carbocycles. The van der Waals surface area contributed by atoms with Crippen molar-refractivity contribution in [1.29, 1.82) is 0 Å². The minimum absolute atomic E-state index is 0.0760. The van der Waals surface area contributed by atoms with Crippen LogP contribution in [0, 0.1) is 0 Å². The second kappa shape index (κ2) is 3.31. The quantitative estimate of drug-likeness (QED) is 0.729. The molecule has 0 aromatic heterocycles. The van der Waals surface area contributed by atoms with E-state index in [0.717, 1.165) is 5.39 Å². The summed E-state index contributed by atoms with van der Waals surface area (Å²) in [6.07, 6.45) is 0.702. The van der Waals surface area contributed by atoms with E-state index >= 15 is 0 Å². The van der Waals surface area contributed by atoms with E-state index in [0.29, 0.717) is 22.3 Å². The van der Waals surface area contributed by atoms with Gasteiger partial charge in [0.25, 0.3) is 0 Å². The Balaban J connectivity index is 2.82. The summed E-state index contributed by atoms with van der Waals surface area (Å²) in [6.45, 7) is 0. The number of benzene rings is 2. The van der Waals surface area contributed by atoms with Crippen molar-refractivity contribution in [1.82, 2.24) is 0 Å². The molecule has 70 valence electrons. The van der Waals surface area contributed by atoms with Crippen molar-refractivity contribution in [2.75, 3.05) is 0 Å². The number of halogens is 1. The van der Waals surface area contributed by atoms with E-state index in [1.165, 1.54) is 6.07 Å². The Morgan fingerprint density at radius 1 is 1.21 bits per heavy atom. The molecule has 0 amide bonds. The van der Waals surface area contributed by atoms with Gasteiger partial charge in [0.15, 0.2) is 0 Å². The zero-order valence-electron chi connectivity index (χ0n) is 7.20. The number of fused-ring (bicyclic) bond motifs is 1. The highest BCUT2D eigenvalue weighted by Gasteiger charge is 2.02. The molecule has 0 saturated heterocycles. The van der Waals surface area contributed by atoms with E-state index in [1.54, 1.807) is 24.3 Å². The standard InChI is InChI=1S/C11H7ClO2/c12-9-2-1-8-3-7(6-13)4-11(14)10(8)5-9/h1-6,14H. The van der Waals surface area contributed by atoms with Crippen LogP contribution in [0.4, 0.5) is 0 Å². The molecule has 2 aromatic rings. The molecule has 0 radical (unpaired) electrons. The normalized spacial score (nSPS) is 10.4. The SMILES string of the molecule is O=Cc1cc(O)c2cc(Cl)ccc2c1. The molecule has 0 aliphatic rings. The van der Waals surface area contributed by atoms with E-state index in [4.69, 9.17) is 11.6 Å². The van der Waals surface area contributed by atoms with Gasteiger partial charge in [0, 0.05) is 16.0 Å². The fourth-order valence-electron chi connectivity index (χ4n) is 1.40. The van der Waals surface area contributed by atoms with Gasteiger partial charge < -0.3 is 5.11 Å². The third-order valence-electron chi connectivity index (χ3n) is 2.05. The maximum atomic E-state index is 10.5. The Morgan fingerprint density at radius 3 is 2.71 bits per heavy atom. The molecule has 0 atom stereocenters. The molecule has 0 aliphatic carbocycles. The highest BCUT2D eigenvalue weighted by atomic mass is 35.5. The van der Waals surface area contributed by atoms with E-state index in [-0.39, 0.29) is 5.75 Å². The number of aldehydes is 1. The molecule has 0 aliphatic heterocycles. The first-order chi connectivity index (χ1) is 6.70. The van der Waals surface area contributed by atoms with Crippen LogP contribution in [0.25, 0.3) is 10.8 Å². The van der Waals surface area contributed by atoms with Gasteiger partial charge in [0.1, 0.15) is 12.0 Å². The lowest BCUT2D eigenvalue weighted by Crippen LogP contribution is -1.81. The number of hydrogen-bond donors (Lipinski definition) is 1. The topological polar surface area (TPSA) is 37.3 Å². The maximum absolute atomic E-state index is 10.5. The minimum Gasteiger partial charge on any atom is -0.507 e. The summed E-state index contributed by atoms with van der Waals surface area (Å²) < 4.78 is 0. The molecule has 14 heavy (non-hydrogen) atoms. The highest BCUT2D eigenvalue weighted by Crippen LogP contribution is 2.28. The lowest BCUT2D eigenvalue weighted by molar-refractivity contribution is 0.112. The van der Waals surface area contributed by atoms with Gasteiger partial charge >= 0.3 is 0 Å². The van der Waals surface area contributed by atoms with Gasteiger partial charge in [-0.25, -0.2) is 0 Å². The largest absolute Gasteiger partial charge is 0.507 e. The average molecular weight is 207 g/mol. The summed E-state index contributed by atoms with van der Waals surface area (Å²) in [7, 11) is 0. The van der Waals surface area contributed by atoms with E-state index in [2.05, 4.69) is 0 Å². The number of hydrogen-bond acceptors (Lipinski definition) is 2. The van der Waals surface area contributed by atoms with Crippen molar-refractivity contribution in [3.63, 3.8) is 0 Å². The van der Waals surface area contributed by atoms with Crippen LogP contribution in [0.15, 0.2) is 30.3 Å². The first kappa shape index (κ1) is 9.03. The minimum atomic E-state index is 0.0760. The molecule has 0 unspecified atom stereocenters. The number of rotatable bonds is 1. The Hall–Kier alpha value is -1.54. The predicted molar refractivity (Wildman–Crippen MR) is 56.0 cm³/mol. The van der Waals surface area contributed by atoms with E-state index in [9.17, 15) is 9.90 Å². The first-order valence-electron chi connectivity index (χ1n) is 4.08. The van der Waals surface area contributed by atoms with Gasteiger partial charge in [0.2, 0.25) is 0 Å². The van der Waals surface area contributed by atoms with Crippen LogP contribution in [-0.4, -0.2) is 11.4 Å². The van der Waals surface area contributed by atoms with Gasteiger partial charge in [-0.1, -0.05) is 17.7 Å². The van der Waals surface area contributed by atoms with Crippen molar-refractivity contribution in [2.24, 2.45) is 0 Å². The van der Waals surface area contributed by atoms with E-state index in [1.807, 2.05) is 0 Å². The monoisotopic (exact) mass is 206 g/mol. The number of phenols is 1. The van der Waals surface area contributed by atoms with Crippen molar-refractivity contribution in [3.8, 4) is 5.75 Å². The Morgan fingerprint density at radius 2 is 2.00 bits per heavy atom. The summed E-state index contributed by atoms with van der Waals surface area (Å²) in [4.78, 5) is 10.5. The van der Waals surface area contributed by atoms with Crippen LogP contribution in [-0.2, 0) is 0 Å².